The van der Waals surface area contributed by atoms with Gasteiger partial charge in [0.25, 0.3) is 0 Å². The van der Waals surface area contributed by atoms with E-state index < -0.39 is 5.60 Å². The van der Waals surface area contributed by atoms with E-state index in [0.29, 0.717) is 11.4 Å². The molecule has 3 nitrogen and oxygen atoms in total. The van der Waals surface area contributed by atoms with E-state index in [1.54, 1.807) is 6.92 Å². The summed E-state index contributed by atoms with van der Waals surface area (Å²) in [5.41, 5.74) is 1.89. The maximum atomic E-state index is 10.9. The standard InChI is InChI=1S/C16H14N2OS/c1-16(19)14(12-8-4-2-5-9-12)17-20-18-15(16)13-10-6-3-7-11-13/h2-11,19H,1H3. The van der Waals surface area contributed by atoms with Crippen LogP contribution in [-0.4, -0.2) is 22.1 Å². The van der Waals surface area contributed by atoms with E-state index in [-0.39, 0.29) is 0 Å². The summed E-state index contributed by atoms with van der Waals surface area (Å²) >= 11 is 1.12. The molecular weight excluding hydrogens is 268 g/mol. The molecule has 0 radical (unpaired) electrons. The molecule has 2 aromatic rings. The minimum atomic E-state index is -1.20. The third-order valence-electron chi connectivity index (χ3n) is 3.28. The molecule has 0 atom stereocenters. The molecule has 0 bridgehead atoms. The molecule has 100 valence electrons. The van der Waals surface area contributed by atoms with Crippen molar-refractivity contribution in [3.8, 4) is 0 Å². The van der Waals surface area contributed by atoms with Crippen LogP contribution in [0.2, 0.25) is 0 Å². The first kappa shape index (κ1) is 13.1. The molecule has 0 spiro atoms. The average Bonchev–Trinajstić information content (AvgIpc) is 2.48. The molecule has 3 rings (SSSR count). The van der Waals surface area contributed by atoms with Gasteiger partial charge in [0.2, 0.25) is 0 Å². The fourth-order valence-corrected chi connectivity index (χ4v) is 3.02. The van der Waals surface area contributed by atoms with Crippen LogP contribution < -0.4 is 0 Å². The Morgan fingerprint density at radius 1 is 0.800 bits per heavy atom. The Morgan fingerprint density at radius 3 is 1.60 bits per heavy atom. The van der Waals surface area contributed by atoms with E-state index in [1.165, 1.54) is 0 Å². The zero-order chi connectivity index (χ0) is 14.0. The highest BCUT2D eigenvalue weighted by Crippen LogP contribution is 2.29. The van der Waals surface area contributed by atoms with Crippen LogP contribution in [0.25, 0.3) is 0 Å². The maximum Gasteiger partial charge on any atom is 0.148 e. The van der Waals surface area contributed by atoms with Gasteiger partial charge in [-0.1, -0.05) is 60.7 Å². The Labute approximate surface area is 122 Å². The molecule has 2 aromatic carbocycles. The van der Waals surface area contributed by atoms with E-state index in [9.17, 15) is 5.11 Å². The van der Waals surface area contributed by atoms with Crippen molar-refractivity contribution < 1.29 is 5.11 Å². The SMILES string of the molecule is CC1(O)C(c2ccccc2)=NSN=C1c1ccccc1. The van der Waals surface area contributed by atoms with Crippen LogP contribution in [0.1, 0.15) is 18.1 Å². The monoisotopic (exact) mass is 282 g/mol. The van der Waals surface area contributed by atoms with Gasteiger partial charge in [0.15, 0.2) is 0 Å². The van der Waals surface area contributed by atoms with E-state index in [0.717, 1.165) is 23.3 Å². The molecule has 20 heavy (non-hydrogen) atoms. The van der Waals surface area contributed by atoms with Gasteiger partial charge in [0.05, 0.1) is 11.4 Å². The second kappa shape index (κ2) is 5.23. The number of rotatable bonds is 2. The van der Waals surface area contributed by atoms with E-state index in [2.05, 4.69) is 8.80 Å². The molecule has 0 saturated carbocycles. The second-order valence-corrected chi connectivity index (χ2v) is 5.29. The van der Waals surface area contributed by atoms with Crippen molar-refractivity contribution in [2.75, 3.05) is 0 Å². The summed E-state index contributed by atoms with van der Waals surface area (Å²) in [6.45, 7) is 1.74. The zero-order valence-corrected chi connectivity index (χ0v) is 11.8. The van der Waals surface area contributed by atoms with Crippen molar-refractivity contribution in [2.45, 2.75) is 12.5 Å². The van der Waals surface area contributed by atoms with E-state index in [4.69, 9.17) is 0 Å². The Kier molecular flexibility index (Phi) is 3.42. The second-order valence-electron chi connectivity index (χ2n) is 4.77. The third kappa shape index (κ3) is 2.28. The highest BCUT2D eigenvalue weighted by molar-refractivity contribution is 7.97. The smallest absolute Gasteiger partial charge is 0.148 e. The zero-order valence-electron chi connectivity index (χ0n) is 11.0. The number of hydrogen-bond acceptors (Lipinski definition) is 4. The minimum Gasteiger partial charge on any atom is -0.377 e. The van der Waals surface area contributed by atoms with Crippen molar-refractivity contribution in [2.24, 2.45) is 8.80 Å². The number of aliphatic hydroxyl groups is 1. The summed E-state index contributed by atoms with van der Waals surface area (Å²) in [6.07, 6.45) is 0. The van der Waals surface area contributed by atoms with Gasteiger partial charge in [-0.25, -0.2) is 0 Å². The van der Waals surface area contributed by atoms with Gasteiger partial charge in [-0.2, -0.15) is 8.80 Å². The molecular formula is C16H14N2OS. The normalized spacial score (nSPS) is 17.3. The van der Waals surface area contributed by atoms with E-state index >= 15 is 0 Å². The molecule has 0 saturated heterocycles. The van der Waals surface area contributed by atoms with Crippen LogP contribution in [0.15, 0.2) is 69.5 Å². The average molecular weight is 282 g/mol. The largest absolute Gasteiger partial charge is 0.377 e. The van der Waals surface area contributed by atoms with E-state index in [1.807, 2.05) is 60.7 Å². The van der Waals surface area contributed by atoms with Crippen LogP contribution in [0.5, 0.6) is 0 Å². The number of nitrogens with zero attached hydrogens (tertiary/aromatic N) is 2. The molecule has 0 fully saturated rings. The minimum absolute atomic E-state index is 0.636. The summed E-state index contributed by atoms with van der Waals surface area (Å²) in [5, 5.41) is 10.9. The van der Waals surface area contributed by atoms with Crippen molar-refractivity contribution in [3.05, 3.63) is 71.8 Å². The Morgan fingerprint density at radius 2 is 1.20 bits per heavy atom. The fraction of sp³-hybridized carbons (Fsp3) is 0.125. The Bertz CT molecular complexity index is 606. The predicted octanol–water partition coefficient (Wildman–Crippen LogP) is 3.29. The summed E-state index contributed by atoms with van der Waals surface area (Å²) < 4.78 is 8.65. The van der Waals surface area contributed by atoms with Crippen molar-refractivity contribution in [1.82, 2.24) is 0 Å². The van der Waals surface area contributed by atoms with Crippen molar-refractivity contribution in [3.63, 3.8) is 0 Å². The van der Waals surface area contributed by atoms with Crippen LogP contribution in [-0.2, 0) is 0 Å². The molecule has 1 aliphatic rings. The van der Waals surface area contributed by atoms with Gasteiger partial charge in [0, 0.05) is 11.1 Å². The highest BCUT2D eigenvalue weighted by Gasteiger charge is 2.38. The first-order valence-electron chi connectivity index (χ1n) is 6.36. The van der Waals surface area contributed by atoms with Crippen molar-refractivity contribution >= 4 is 23.6 Å². The fourth-order valence-electron chi connectivity index (χ4n) is 2.25. The Hall–Kier alpha value is -1.91. The molecule has 4 heteroatoms. The summed E-state index contributed by atoms with van der Waals surface area (Å²) in [4.78, 5) is 0. The lowest BCUT2D eigenvalue weighted by Crippen LogP contribution is -2.45. The number of benzene rings is 2. The Balaban J connectivity index is 2.03. The van der Waals surface area contributed by atoms with Crippen LogP contribution >= 0.6 is 12.1 Å². The van der Waals surface area contributed by atoms with Crippen molar-refractivity contribution in [1.29, 1.82) is 0 Å². The molecule has 0 amide bonds. The molecule has 0 aliphatic carbocycles. The topological polar surface area (TPSA) is 45.0 Å². The van der Waals surface area contributed by atoms with Crippen LogP contribution in [0.4, 0.5) is 0 Å². The van der Waals surface area contributed by atoms with Gasteiger partial charge >= 0.3 is 0 Å². The molecule has 1 heterocycles. The van der Waals surface area contributed by atoms with Gasteiger partial charge in [-0.15, -0.1) is 0 Å². The van der Waals surface area contributed by atoms with Gasteiger partial charge in [0.1, 0.15) is 17.7 Å². The molecule has 0 aromatic heterocycles. The van der Waals surface area contributed by atoms with Gasteiger partial charge in [-0.05, 0) is 6.92 Å². The first-order valence-corrected chi connectivity index (χ1v) is 7.09. The summed E-state index contributed by atoms with van der Waals surface area (Å²) in [6, 6.07) is 19.4. The first-order chi connectivity index (χ1) is 9.69. The lowest BCUT2D eigenvalue weighted by molar-refractivity contribution is 0.205. The third-order valence-corrected chi connectivity index (χ3v) is 3.81. The van der Waals surface area contributed by atoms with Crippen LogP contribution in [0.3, 0.4) is 0 Å². The lowest BCUT2D eigenvalue weighted by atomic mass is 9.86. The summed E-state index contributed by atoms with van der Waals surface area (Å²) in [7, 11) is 0. The summed E-state index contributed by atoms with van der Waals surface area (Å²) in [5.74, 6) is 0. The lowest BCUT2D eigenvalue weighted by Gasteiger charge is -2.29. The van der Waals surface area contributed by atoms with Crippen LogP contribution in [0, 0.1) is 0 Å². The highest BCUT2D eigenvalue weighted by atomic mass is 32.2. The molecule has 0 unspecified atom stereocenters. The molecule has 1 aliphatic heterocycles. The van der Waals surface area contributed by atoms with Gasteiger partial charge in [-0.3, -0.25) is 0 Å². The maximum absolute atomic E-state index is 10.9. The molecule has 1 N–H and O–H groups in total. The quantitative estimate of drug-likeness (QED) is 0.859. The van der Waals surface area contributed by atoms with Gasteiger partial charge < -0.3 is 5.11 Å². The number of hydrogen-bond donors (Lipinski definition) is 1. The predicted molar refractivity (Wildman–Crippen MR) is 84.2 cm³/mol.